The van der Waals surface area contributed by atoms with Crippen LogP contribution in [0, 0.1) is 18.3 Å². The third kappa shape index (κ3) is 6.32. The van der Waals surface area contributed by atoms with Gasteiger partial charge in [-0.15, -0.1) is 11.3 Å². The van der Waals surface area contributed by atoms with Gasteiger partial charge in [-0.1, -0.05) is 25.0 Å². The number of amides is 1. The standard InChI is InChI=1S/C29H31N3O3S/c1-3-34-25-18-21(13-14-24(25)35-16-15-30)19-31-29-27(23-11-6-4-5-7-12-26(23)36-29)28(33)32-22-10-8-9-20(2)17-22/h8-10,13-14,17-19H,3-7,11-12,16H2,1-2H3,(H,32,33). The maximum atomic E-state index is 13.5. The molecule has 1 heterocycles. The molecule has 0 saturated heterocycles. The van der Waals surface area contributed by atoms with Crippen molar-refractivity contribution in [1.82, 2.24) is 0 Å². The molecule has 0 bridgehead atoms. The van der Waals surface area contributed by atoms with Gasteiger partial charge in [0.15, 0.2) is 18.1 Å². The van der Waals surface area contributed by atoms with Gasteiger partial charge >= 0.3 is 0 Å². The summed E-state index contributed by atoms with van der Waals surface area (Å²) in [6.07, 6.45) is 8.28. The quantitative estimate of drug-likeness (QED) is 0.336. The summed E-state index contributed by atoms with van der Waals surface area (Å²) in [6, 6.07) is 15.3. The second kappa shape index (κ2) is 12.4. The van der Waals surface area contributed by atoms with Crippen molar-refractivity contribution in [2.45, 2.75) is 52.4 Å². The molecule has 1 aliphatic rings. The lowest BCUT2D eigenvalue weighted by Gasteiger charge is -2.12. The van der Waals surface area contributed by atoms with Gasteiger partial charge in [-0.2, -0.15) is 5.26 Å². The van der Waals surface area contributed by atoms with Crippen molar-refractivity contribution in [2.75, 3.05) is 18.5 Å². The molecule has 186 valence electrons. The minimum Gasteiger partial charge on any atom is -0.490 e. The molecule has 0 atom stereocenters. The number of thiophene rings is 1. The van der Waals surface area contributed by atoms with Crippen molar-refractivity contribution < 1.29 is 14.3 Å². The van der Waals surface area contributed by atoms with Gasteiger partial charge in [0.05, 0.1) is 12.2 Å². The van der Waals surface area contributed by atoms with Crippen LogP contribution >= 0.6 is 11.3 Å². The highest BCUT2D eigenvalue weighted by Crippen LogP contribution is 2.39. The highest BCUT2D eigenvalue weighted by molar-refractivity contribution is 7.16. The lowest BCUT2D eigenvalue weighted by Crippen LogP contribution is -2.14. The van der Waals surface area contributed by atoms with Crippen LogP contribution in [0.15, 0.2) is 47.5 Å². The summed E-state index contributed by atoms with van der Waals surface area (Å²) in [5.41, 5.74) is 4.54. The van der Waals surface area contributed by atoms with Gasteiger partial charge in [-0.3, -0.25) is 4.79 Å². The first-order valence-electron chi connectivity index (χ1n) is 12.4. The molecule has 7 heteroatoms. The summed E-state index contributed by atoms with van der Waals surface area (Å²) in [7, 11) is 0. The SMILES string of the molecule is CCOc1cc(C=Nc2sc3c(c2C(=O)Nc2cccc(C)c2)CCCCCC3)ccc1OCC#N. The fraction of sp³-hybridized carbons (Fsp3) is 0.345. The Morgan fingerprint density at radius 3 is 2.72 bits per heavy atom. The van der Waals surface area contributed by atoms with Crippen LogP contribution in [0.3, 0.4) is 0 Å². The predicted octanol–water partition coefficient (Wildman–Crippen LogP) is 7.02. The Morgan fingerprint density at radius 2 is 1.94 bits per heavy atom. The van der Waals surface area contributed by atoms with Gasteiger partial charge in [0, 0.05) is 16.8 Å². The zero-order valence-electron chi connectivity index (χ0n) is 20.8. The third-order valence-electron chi connectivity index (χ3n) is 6.05. The molecule has 0 aliphatic heterocycles. The highest BCUT2D eigenvalue weighted by Gasteiger charge is 2.24. The van der Waals surface area contributed by atoms with Crippen LogP contribution in [0.4, 0.5) is 10.7 Å². The fourth-order valence-electron chi connectivity index (χ4n) is 4.38. The maximum Gasteiger partial charge on any atom is 0.259 e. The van der Waals surface area contributed by atoms with Crippen LogP contribution in [-0.4, -0.2) is 25.3 Å². The first-order chi connectivity index (χ1) is 17.6. The van der Waals surface area contributed by atoms with E-state index in [1.807, 2.05) is 56.3 Å². The minimum atomic E-state index is -0.110. The van der Waals surface area contributed by atoms with Crippen LogP contribution < -0.4 is 14.8 Å². The molecule has 6 nitrogen and oxygen atoms in total. The smallest absolute Gasteiger partial charge is 0.259 e. The summed E-state index contributed by atoms with van der Waals surface area (Å²) in [5.74, 6) is 0.974. The zero-order valence-corrected chi connectivity index (χ0v) is 21.6. The normalized spacial score (nSPS) is 13.4. The van der Waals surface area contributed by atoms with Crippen molar-refractivity contribution >= 4 is 34.1 Å². The number of nitriles is 1. The van der Waals surface area contributed by atoms with Gasteiger partial charge in [-0.25, -0.2) is 4.99 Å². The molecule has 4 rings (SSSR count). The number of aryl methyl sites for hydroxylation is 2. The Labute approximate surface area is 216 Å². The zero-order chi connectivity index (χ0) is 25.3. The van der Waals surface area contributed by atoms with E-state index in [2.05, 4.69) is 5.32 Å². The Kier molecular flexibility index (Phi) is 8.75. The molecule has 0 unspecified atom stereocenters. The largest absolute Gasteiger partial charge is 0.490 e. The summed E-state index contributed by atoms with van der Waals surface area (Å²) in [4.78, 5) is 19.6. The molecule has 3 aromatic rings. The van der Waals surface area contributed by atoms with E-state index in [-0.39, 0.29) is 12.5 Å². The minimum absolute atomic E-state index is 0.0479. The van der Waals surface area contributed by atoms with E-state index in [1.54, 1.807) is 23.6 Å². The first kappa shape index (κ1) is 25.5. The number of carbonyl (C=O) groups is 1. The van der Waals surface area contributed by atoms with E-state index >= 15 is 0 Å². The van der Waals surface area contributed by atoms with Gasteiger partial charge in [-0.05, 0) is 86.6 Å². The van der Waals surface area contributed by atoms with Crippen molar-refractivity contribution in [3.63, 3.8) is 0 Å². The number of hydrogen-bond donors (Lipinski definition) is 1. The molecule has 1 aromatic heterocycles. The van der Waals surface area contributed by atoms with Crippen molar-refractivity contribution in [1.29, 1.82) is 5.26 Å². The van der Waals surface area contributed by atoms with Gasteiger partial charge < -0.3 is 14.8 Å². The second-order valence-corrected chi connectivity index (χ2v) is 9.85. The Balaban J connectivity index is 1.67. The molecule has 36 heavy (non-hydrogen) atoms. The first-order valence-corrected chi connectivity index (χ1v) is 13.2. The Bertz CT molecular complexity index is 1290. The summed E-state index contributed by atoms with van der Waals surface area (Å²) >= 11 is 1.62. The maximum absolute atomic E-state index is 13.5. The van der Waals surface area contributed by atoms with Gasteiger partial charge in [0.25, 0.3) is 5.91 Å². The Hall–Kier alpha value is -3.63. The van der Waals surface area contributed by atoms with Crippen LogP contribution in [0.2, 0.25) is 0 Å². The average Bonchev–Trinajstić information content (AvgIpc) is 3.18. The number of benzene rings is 2. The fourth-order valence-corrected chi connectivity index (χ4v) is 5.61. The van der Waals surface area contributed by atoms with E-state index in [1.165, 1.54) is 17.7 Å². The monoisotopic (exact) mass is 501 g/mol. The molecule has 1 N–H and O–H groups in total. The van der Waals surface area contributed by atoms with E-state index in [0.29, 0.717) is 23.7 Å². The van der Waals surface area contributed by atoms with Crippen molar-refractivity contribution in [2.24, 2.45) is 4.99 Å². The molecule has 0 saturated carbocycles. The third-order valence-corrected chi connectivity index (χ3v) is 7.25. The van der Waals surface area contributed by atoms with E-state index in [9.17, 15) is 4.79 Å². The second-order valence-electron chi connectivity index (χ2n) is 8.77. The predicted molar refractivity (Wildman–Crippen MR) is 145 cm³/mol. The van der Waals surface area contributed by atoms with Gasteiger partial charge in [0.1, 0.15) is 11.1 Å². The van der Waals surface area contributed by atoms with Gasteiger partial charge in [0.2, 0.25) is 0 Å². The molecule has 1 amide bonds. The van der Waals surface area contributed by atoms with E-state index in [4.69, 9.17) is 19.7 Å². The van der Waals surface area contributed by atoms with Crippen LogP contribution in [0.25, 0.3) is 0 Å². The number of carbonyl (C=O) groups excluding carboxylic acids is 1. The summed E-state index contributed by atoms with van der Waals surface area (Å²) in [6.45, 7) is 4.34. The molecular formula is C29H31N3O3S. The number of hydrogen-bond acceptors (Lipinski definition) is 6. The van der Waals surface area contributed by atoms with Crippen molar-refractivity contribution in [3.05, 3.63) is 69.6 Å². The molecule has 0 fully saturated rings. The molecule has 1 aliphatic carbocycles. The highest BCUT2D eigenvalue weighted by atomic mass is 32.1. The summed E-state index contributed by atoms with van der Waals surface area (Å²) in [5, 5.41) is 12.7. The number of nitrogens with zero attached hydrogens (tertiary/aromatic N) is 2. The number of anilines is 1. The summed E-state index contributed by atoms with van der Waals surface area (Å²) < 4.78 is 11.2. The number of nitrogens with one attached hydrogen (secondary N) is 1. The number of aliphatic imine (C=N–C) groups is 1. The molecule has 0 radical (unpaired) electrons. The number of ether oxygens (including phenoxy) is 2. The van der Waals surface area contributed by atoms with E-state index < -0.39 is 0 Å². The van der Waals surface area contributed by atoms with Crippen LogP contribution in [0.5, 0.6) is 11.5 Å². The lowest BCUT2D eigenvalue weighted by molar-refractivity contribution is 0.102. The lowest BCUT2D eigenvalue weighted by atomic mass is 9.96. The molecule has 2 aromatic carbocycles. The van der Waals surface area contributed by atoms with Crippen molar-refractivity contribution in [3.8, 4) is 17.6 Å². The van der Waals surface area contributed by atoms with E-state index in [0.717, 1.165) is 53.1 Å². The Morgan fingerprint density at radius 1 is 1.11 bits per heavy atom. The molecular weight excluding hydrogens is 470 g/mol. The number of rotatable bonds is 8. The number of fused-ring (bicyclic) bond motifs is 1. The molecule has 0 spiro atoms. The van der Waals surface area contributed by atoms with Crippen LogP contribution in [-0.2, 0) is 12.8 Å². The van der Waals surface area contributed by atoms with Crippen LogP contribution in [0.1, 0.15) is 64.5 Å². The topological polar surface area (TPSA) is 83.7 Å². The average molecular weight is 502 g/mol.